The van der Waals surface area contributed by atoms with Crippen molar-refractivity contribution in [1.29, 1.82) is 0 Å². The lowest BCUT2D eigenvalue weighted by Crippen LogP contribution is -2.50. The van der Waals surface area contributed by atoms with Gasteiger partial charge in [-0.05, 0) is 50.7 Å². The summed E-state index contributed by atoms with van der Waals surface area (Å²) in [6, 6.07) is 9.01. The minimum absolute atomic E-state index is 0.0808. The van der Waals surface area contributed by atoms with Gasteiger partial charge in [0.1, 0.15) is 0 Å². The lowest BCUT2D eigenvalue weighted by Gasteiger charge is -2.39. The summed E-state index contributed by atoms with van der Waals surface area (Å²) in [5.41, 5.74) is 2.85. The van der Waals surface area contributed by atoms with Crippen LogP contribution in [0, 0.1) is 6.92 Å². The lowest BCUT2D eigenvalue weighted by atomic mass is 9.74. The van der Waals surface area contributed by atoms with Gasteiger partial charge in [0.25, 0.3) is 0 Å². The molecular formula is C17H26N2O. The summed E-state index contributed by atoms with van der Waals surface area (Å²) in [4.78, 5) is 13.8. The first-order valence-electron chi connectivity index (χ1n) is 7.59. The van der Waals surface area contributed by atoms with Gasteiger partial charge in [0, 0.05) is 19.6 Å². The van der Waals surface area contributed by atoms with Gasteiger partial charge >= 0.3 is 0 Å². The summed E-state index contributed by atoms with van der Waals surface area (Å²) in [5.74, 6) is 0.840. The van der Waals surface area contributed by atoms with Gasteiger partial charge in [-0.2, -0.15) is 0 Å². The van der Waals surface area contributed by atoms with Crippen molar-refractivity contribution >= 4 is 5.91 Å². The molecule has 1 fully saturated rings. The molecular weight excluding hydrogens is 248 g/mol. The Hall–Kier alpha value is -1.35. The molecule has 0 saturated heterocycles. The van der Waals surface area contributed by atoms with Crippen molar-refractivity contribution in [2.75, 3.05) is 13.6 Å². The van der Waals surface area contributed by atoms with Crippen molar-refractivity contribution in [3.05, 3.63) is 35.4 Å². The van der Waals surface area contributed by atoms with Crippen molar-refractivity contribution in [2.45, 2.75) is 51.6 Å². The van der Waals surface area contributed by atoms with Crippen LogP contribution in [0.4, 0.5) is 0 Å². The minimum Gasteiger partial charge on any atom is -0.345 e. The van der Waals surface area contributed by atoms with Crippen LogP contribution in [0.1, 0.15) is 43.7 Å². The maximum atomic E-state index is 12.0. The lowest BCUT2D eigenvalue weighted by molar-refractivity contribution is -0.131. The Labute approximate surface area is 122 Å². The van der Waals surface area contributed by atoms with Gasteiger partial charge in [-0.3, -0.25) is 4.79 Å². The molecule has 0 heterocycles. The second-order valence-corrected chi connectivity index (χ2v) is 5.96. The summed E-state index contributed by atoms with van der Waals surface area (Å²) in [6.45, 7) is 6.91. The molecule has 0 spiro atoms. The third kappa shape index (κ3) is 3.21. The van der Waals surface area contributed by atoms with Gasteiger partial charge < -0.3 is 10.2 Å². The molecule has 1 aliphatic carbocycles. The Bertz CT molecular complexity index is 466. The maximum absolute atomic E-state index is 12.0. The van der Waals surface area contributed by atoms with E-state index in [1.54, 1.807) is 4.90 Å². The van der Waals surface area contributed by atoms with Crippen LogP contribution < -0.4 is 5.32 Å². The molecule has 0 bridgehead atoms. The SMILES string of the molecule is CCN(C)C(=O)C(C)NC1CC(c2ccccc2C)C1. The van der Waals surface area contributed by atoms with E-state index in [2.05, 4.69) is 36.5 Å². The molecule has 2 rings (SSSR count). The molecule has 1 saturated carbocycles. The standard InChI is InChI=1S/C17H26N2O/c1-5-19(4)17(20)13(3)18-15-10-14(11-15)16-9-7-6-8-12(16)2/h6-9,13-15,18H,5,10-11H2,1-4H3. The predicted octanol–water partition coefficient (Wildman–Crippen LogP) is 2.70. The number of carbonyl (C=O) groups excluding carboxylic acids is 1. The van der Waals surface area contributed by atoms with E-state index in [1.807, 2.05) is 20.9 Å². The second kappa shape index (κ2) is 6.40. The van der Waals surface area contributed by atoms with Crippen LogP contribution >= 0.6 is 0 Å². The highest BCUT2D eigenvalue weighted by Gasteiger charge is 2.33. The number of nitrogens with zero attached hydrogens (tertiary/aromatic N) is 1. The molecule has 110 valence electrons. The van der Waals surface area contributed by atoms with Crippen LogP contribution in [-0.4, -0.2) is 36.5 Å². The largest absolute Gasteiger partial charge is 0.345 e. The maximum Gasteiger partial charge on any atom is 0.239 e. The Morgan fingerprint density at radius 3 is 2.65 bits per heavy atom. The number of aryl methyl sites for hydroxylation is 1. The molecule has 0 aromatic heterocycles. The molecule has 20 heavy (non-hydrogen) atoms. The molecule has 1 aliphatic rings. The number of hydrogen-bond acceptors (Lipinski definition) is 2. The Balaban J connectivity index is 1.82. The highest BCUT2D eigenvalue weighted by Crippen LogP contribution is 2.38. The van der Waals surface area contributed by atoms with E-state index in [0.717, 1.165) is 19.4 Å². The number of nitrogens with one attached hydrogen (secondary N) is 1. The van der Waals surface area contributed by atoms with Crippen LogP contribution in [0.15, 0.2) is 24.3 Å². The number of hydrogen-bond donors (Lipinski definition) is 1. The molecule has 1 amide bonds. The molecule has 0 radical (unpaired) electrons. The summed E-state index contributed by atoms with van der Waals surface area (Å²) in [7, 11) is 1.86. The number of benzene rings is 1. The molecule has 3 heteroatoms. The third-order valence-corrected chi connectivity index (χ3v) is 4.47. The summed E-state index contributed by atoms with van der Waals surface area (Å²) < 4.78 is 0. The summed E-state index contributed by atoms with van der Waals surface area (Å²) in [5, 5.41) is 3.46. The van der Waals surface area contributed by atoms with Crippen LogP contribution in [0.2, 0.25) is 0 Å². The average molecular weight is 274 g/mol. The third-order valence-electron chi connectivity index (χ3n) is 4.47. The highest BCUT2D eigenvalue weighted by atomic mass is 16.2. The van der Waals surface area contributed by atoms with Crippen molar-refractivity contribution in [2.24, 2.45) is 0 Å². The number of likely N-dealkylation sites (N-methyl/N-ethyl adjacent to an activating group) is 1. The first kappa shape index (κ1) is 15.0. The van der Waals surface area contributed by atoms with Crippen LogP contribution in [0.5, 0.6) is 0 Å². The van der Waals surface area contributed by atoms with E-state index in [-0.39, 0.29) is 11.9 Å². The fraction of sp³-hybridized carbons (Fsp3) is 0.588. The molecule has 1 unspecified atom stereocenters. The number of carbonyl (C=O) groups is 1. The normalized spacial score (nSPS) is 23.0. The number of amides is 1. The summed E-state index contributed by atoms with van der Waals surface area (Å²) >= 11 is 0. The smallest absolute Gasteiger partial charge is 0.239 e. The van der Waals surface area contributed by atoms with Gasteiger partial charge in [-0.1, -0.05) is 24.3 Å². The van der Waals surface area contributed by atoms with E-state index in [1.165, 1.54) is 11.1 Å². The Morgan fingerprint density at radius 2 is 2.05 bits per heavy atom. The zero-order valence-electron chi connectivity index (χ0n) is 13.0. The molecule has 3 nitrogen and oxygen atoms in total. The van der Waals surface area contributed by atoms with Gasteiger partial charge in [-0.25, -0.2) is 0 Å². The first-order chi connectivity index (χ1) is 9.52. The average Bonchev–Trinajstić information content (AvgIpc) is 2.41. The Kier molecular flexibility index (Phi) is 4.81. The molecule has 1 N–H and O–H groups in total. The van der Waals surface area contributed by atoms with Gasteiger partial charge in [0.15, 0.2) is 0 Å². The van der Waals surface area contributed by atoms with Crippen molar-refractivity contribution < 1.29 is 4.79 Å². The molecule has 1 aromatic carbocycles. The van der Waals surface area contributed by atoms with Gasteiger partial charge in [0.05, 0.1) is 6.04 Å². The van der Waals surface area contributed by atoms with Gasteiger partial charge in [-0.15, -0.1) is 0 Å². The summed E-state index contributed by atoms with van der Waals surface area (Å²) in [6.07, 6.45) is 2.27. The fourth-order valence-corrected chi connectivity index (χ4v) is 2.96. The quantitative estimate of drug-likeness (QED) is 0.895. The van der Waals surface area contributed by atoms with E-state index >= 15 is 0 Å². The van der Waals surface area contributed by atoms with Gasteiger partial charge in [0.2, 0.25) is 5.91 Å². The van der Waals surface area contributed by atoms with E-state index in [4.69, 9.17) is 0 Å². The molecule has 1 atom stereocenters. The predicted molar refractivity (Wildman–Crippen MR) is 82.9 cm³/mol. The topological polar surface area (TPSA) is 32.3 Å². The Morgan fingerprint density at radius 1 is 1.40 bits per heavy atom. The zero-order valence-corrected chi connectivity index (χ0v) is 13.0. The fourth-order valence-electron chi connectivity index (χ4n) is 2.96. The first-order valence-corrected chi connectivity index (χ1v) is 7.59. The highest BCUT2D eigenvalue weighted by molar-refractivity contribution is 5.81. The molecule has 1 aromatic rings. The van der Waals surface area contributed by atoms with Crippen LogP contribution in [0.3, 0.4) is 0 Å². The van der Waals surface area contributed by atoms with E-state index in [9.17, 15) is 4.79 Å². The van der Waals surface area contributed by atoms with Crippen LogP contribution in [0.25, 0.3) is 0 Å². The van der Waals surface area contributed by atoms with E-state index in [0.29, 0.717) is 12.0 Å². The van der Waals surface area contributed by atoms with Crippen molar-refractivity contribution in [1.82, 2.24) is 10.2 Å². The second-order valence-electron chi connectivity index (χ2n) is 5.96. The minimum atomic E-state index is -0.0808. The zero-order chi connectivity index (χ0) is 14.7. The van der Waals surface area contributed by atoms with Crippen LogP contribution in [-0.2, 0) is 4.79 Å². The van der Waals surface area contributed by atoms with Crippen molar-refractivity contribution in [3.63, 3.8) is 0 Å². The monoisotopic (exact) mass is 274 g/mol. The van der Waals surface area contributed by atoms with E-state index < -0.39 is 0 Å². The number of rotatable bonds is 5. The van der Waals surface area contributed by atoms with Crippen molar-refractivity contribution in [3.8, 4) is 0 Å². The molecule has 0 aliphatic heterocycles.